The third kappa shape index (κ3) is 4.40. The lowest BCUT2D eigenvalue weighted by atomic mass is 10.1. The van der Waals surface area contributed by atoms with Crippen LogP contribution in [0, 0.1) is 18.6 Å². The lowest BCUT2D eigenvalue weighted by molar-refractivity contribution is 0.0939. The zero-order chi connectivity index (χ0) is 23.7. The molecule has 0 saturated heterocycles. The SMILES string of the molecule is Cc1cccc(-n2c(=S)[nH]c3cc(C(=O)NCC(c4ccco4)N(C)C)ccc3c2=O)c1C. The van der Waals surface area contributed by atoms with Crippen molar-refractivity contribution in [3.05, 3.63) is 92.4 Å². The number of amides is 1. The second-order valence-corrected chi connectivity index (χ2v) is 8.64. The first-order valence-corrected chi connectivity index (χ1v) is 11.0. The Balaban J connectivity index is 1.65. The van der Waals surface area contributed by atoms with Crippen molar-refractivity contribution in [1.82, 2.24) is 19.8 Å². The number of nitrogens with zero attached hydrogens (tertiary/aromatic N) is 2. The molecule has 0 aliphatic heterocycles. The van der Waals surface area contributed by atoms with Crippen molar-refractivity contribution in [3.8, 4) is 5.69 Å². The van der Waals surface area contributed by atoms with E-state index in [2.05, 4.69) is 10.3 Å². The Morgan fingerprint density at radius 2 is 1.97 bits per heavy atom. The van der Waals surface area contributed by atoms with Gasteiger partial charge >= 0.3 is 0 Å². The third-order valence-corrected chi connectivity index (χ3v) is 6.21. The van der Waals surface area contributed by atoms with Gasteiger partial charge in [0, 0.05) is 12.1 Å². The molecule has 0 aliphatic rings. The van der Waals surface area contributed by atoms with Crippen LogP contribution in [0.4, 0.5) is 0 Å². The molecule has 0 spiro atoms. The number of carbonyl (C=O) groups is 1. The number of H-pyrrole nitrogens is 1. The van der Waals surface area contributed by atoms with E-state index in [-0.39, 0.29) is 22.3 Å². The van der Waals surface area contributed by atoms with Crippen LogP contribution >= 0.6 is 12.2 Å². The van der Waals surface area contributed by atoms with Crippen LogP contribution in [0.15, 0.2) is 64.0 Å². The van der Waals surface area contributed by atoms with Crippen molar-refractivity contribution in [3.63, 3.8) is 0 Å². The Hall–Kier alpha value is -3.49. The molecule has 2 heterocycles. The molecule has 1 atom stereocenters. The summed E-state index contributed by atoms with van der Waals surface area (Å²) >= 11 is 5.51. The van der Waals surface area contributed by atoms with Gasteiger partial charge in [0.2, 0.25) is 0 Å². The van der Waals surface area contributed by atoms with E-state index in [0.717, 1.165) is 22.6 Å². The van der Waals surface area contributed by atoms with E-state index in [9.17, 15) is 9.59 Å². The van der Waals surface area contributed by atoms with E-state index in [1.54, 1.807) is 24.5 Å². The molecule has 0 aliphatic carbocycles. The van der Waals surface area contributed by atoms with Crippen molar-refractivity contribution < 1.29 is 9.21 Å². The molecule has 2 N–H and O–H groups in total. The second kappa shape index (κ2) is 9.17. The Labute approximate surface area is 196 Å². The van der Waals surface area contributed by atoms with Gasteiger partial charge in [-0.05, 0) is 87.7 Å². The highest BCUT2D eigenvalue weighted by Crippen LogP contribution is 2.20. The van der Waals surface area contributed by atoms with Crippen LogP contribution in [-0.2, 0) is 0 Å². The summed E-state index contributed by atoms with van der Waals surface area (Å²) in [7, 11) is 3.85. The van der Waals surface area contributed by atoms with Gasteiger partial charge in [-0.15, -0.1) is 0 Å². The van der Waals surface area contributed by atoms with Gasteiger partial charge in [0.05, 0.1) is 28.9 Å². The monoisotopic (exact) mass is 462 g/mol. The molecule has 0 fully saturated rings. The van der Waals surface area contributed by atoms with Crippen LogP contribution < -0.4 is 10.9 Å². The average molecular weight is 463 g/mol. The largest absolute Gasteiger partial charge is 0.468 e. The molecule has 2 aromatic heterocycles. The summed E-state index contributed by atoms with van der Waals surface area (Å²) in [4.78, 5) is 31.2. The Kier molecular flexibility index (Phi) is 6.31. The Morgan fingerprint density at radius 1 is 1.18 bits per heavy atom. The first-order valence-electron chi connectivity index (χ1n) is 10.6. The second-order valence-electron chi connectivity index (χ2n) is 8.25. The number of aryl methyl sites for hydroxylation is 1. The molecule has 33 heavy (non-hydrogen) atoms. The molecule has 1 unspecified atom stereocenters. The van der Waals surface area contributed by atoms with Crippen LogP contribution in [0.25, 0.3) is 16.6 Å². The molecule has 7 nitrogen and oxygen atoms in total. The smallest absolute Gasteiger partial charge is 0.266 e. The van der Waals surface area contributed by atoms with Gasteiger partial charge < -0.3 is 14.7 Å². The number of aromatic nitrogens is 2. The number of benzene rings is 2. The molecular formula is C25H26N4O3S. The first-order chi connectivity index (χ1) is 15.8. The van der Waals surface area contributed by atoms with Crippen LogP contribution in [0.3, 0.4) is 0 Å². The van der Waals surface area contributed by atoms with Gasteiger partial charge in [0.15, 0.2) is 4.77 Å². The van der Waals surface area contributed by atoms with E-state index in [4.69, 9.17) is 16.6 Å². The summed E-state index contributed by atoms with van der Waals surface area (Å²) in [6.45, 7) is 4.34. The van der Waals surface area contributed by atoms with E-state index in [0.29, 0.717) is 23.0 Å². The van der Waals surface area contributed by atoms with Crippen molar-refractivity contribution in [1.29, 1.82) is 0 Å². The standard InChI is InChI=1S/C25H26N4O3S/c1-15-7-5-8-20(16(15)2)29-24(31)18-11-10-17(13-19(18)27-25(29)33)23(30)26-14-21(28(3)4)22-9-6-12-32-22/h5-13,21H,14H2,1-4H3,(H,26,30)(H,27,33). The predicted molar refractivity (Wildman–Crippen MR) is 132 cm³/mol. The normalized spacial score (nSPS) is 12.3. The van der Waals surface area contributed by atoms with E-state index in [1.165, 1.54) is 4.57 Å². The summed E-state index contributed by atoms with van der Waals surface area (Å²) < 4.78 is 7.28. The minimum absolute atomic E-state index is 0.0972. The van der Waals surface area contributed by atoms with Crippen LogP contribution in [0.1, 0.15) is 33.3 Å². The average Bonchev–Trinajstić information content (AvgIpc) is 3.30. The number of nitrogens with one attached hydrogen (secondary N) is 2. The molecule has 0 saturated carbocycles. The van der Waals surface area contributed by atoms with Crippen molar-refractivity contribution >= 4 is 29.0 Å². The fourth-order valence-corrected chi connectivity index (χ4v) is 4.16. The lowest BCUT2D eigenvalue weighted by Crippen LogP contribution is -2.34. The highest BCUT2D eigenvalue weighted by atomic mass is 32.1. The minimum atomic E-state index is -0.242. The minimum Gasteiger partial charge on any atom is -0.468 e. The number of hydrogen-bond donors (Lipinski definition) is 2. The summed E-state index contributed by atoms with van der Waals surface area (Å²) in [6.07, 6.45) is 1.62. The van der Waals surface area contributed by atoms with Crippen molar-refractivity contribution in [2.24, 2.45) is 0 Å². The fourth-order valence-electron chi connectivity index (χ4n) is 3.87. The van der Waals surface area contributed by atoms with Crippen LogP contribution in [0.5, 0.6) is 0 Å². The van der Waals surface area contributed by atoms with Gasteiger partial charge in [-0.1, -0.05) is 12.1 Å². The number of likely N-dealkylation sites (N-methyl/N-ethyl adjacent to an activating group) is 1. The molecule has 2 aromatic carbocycles. The molecule has 1 amide bonds. The van der Waals surface area contributed by atoms with Gasteiger partial charge in [-0.2, -0.15) is 0 Å². The fraction of sp³-hybridized carbons (Fsp3) is 0.240. The number of furan rings is 1. The maximum Gasteiger partial charge on any atom is 0.266 e. The number of rotatable bonds is 6. The predicted octanol–water partition coefficient (Wildman–Crippen LogP) is 4.29. The summed E-state index contributed by atoms with van der Waals surface area (Å²) in [5.74, 6) is 0.531. The summed E-state index contributed by atoms with van der Waals surface area (Å²) in [5.41, 5.74) is 3.55. The molecular weight excluding hydrogens is 436 g/mol. The topological polar surface area (TPSA) is 83.3 Å². The molecule has 0 bridgehead atoms. The maximum atomic E-state index is 13.3. The summed E-state index contributed by atoms with van der Waals surface area (Å²) in [6, 6.07) is 14.4. The summed E-state index contributed by atoms with van der Waals surface area (Å²) in [5, 5.41) is 3.41. The van der Waals surface area contributed by atoms with Gasteiger partial charge in [-0.3, -0.25) is 19.1 Å². The van der Waals surface area contributed by atoms with Gasteiger partial charge in [0.25, 0.3) is 11.5 Å². The van der Waals surface area contributed by atoms with Gasteiger partial charge in [0.1, 0.15) is 5.76 Å². The lowest BCUT2D eigenvalue weighted by Gasteiger charge is -2.22. The van der Waals surface area contributed by atoms with Crippen molar-refractivity contribution in [2.45, 2.75) is 19.9 Å². The maximum absolute atomic E-state index is 13.3. The number of hydrogen-bond acceptors (Lipinski definition) is 5. The van der Waals surface area contributed by atoms with Crippen LogP contribution in [0.2, 0.25) is 0 Å². The van der Waals surface area contributed by atoms with E-state index in [1.807, 2.05) is 63.2 Å². The van der Waals surface area contributed by atoms with E-state index >= 15 is 0 Å². The van der Waals surface area contributed by atoms with Crippen LogP contribution in [-0.4, -0.2) is 41.0 Å². The molecule has 4 aromatic rings. The number of fused-ring (bicyclic) bond motifs is 1. The zero-order valence-electron chi connectivity index (χ0n) is 19.0. The molecule has 0 radical (unpaired) electrons. The molecule has 4 rings (SSSR count). The zero-order valence-corrected chi connectivity index (χ0v) is 19.8. The Morgan fingerprint density at radius 3 is 2.67 bits per heavy atom. The van der Waals surface area contributed by atoms with Crippen molar-refractivity contribution in [2.75, 3.05) is 20.6 Å². The number of carbonyl (C=O) groups excluding carboxylic acids is 1. The molecule has 170 valence electrons. The van der Waals surface area contributed by atoms with E-state index < -0.39 is 0 Å². The number of aromatic amines is 1. The molecule has 8 heteroatoms. The Bertz CT molecular complexity index is 1430. The quantitative estimate of drug-likeness (QED) is 0.418. The third-order valence-electron chi connectivity index (χ3n) is 5.93. The highest BCUT2D eigenvalue weighted by Gasteiger charge is 2.19. The highest BCUT2D eigenvalue weighted by molar-refractivity contribution is 7.71. The first kappa shape index (κ1) is 22.7. The van der Waals surface area contributed by atoms with Gasteiger partial charge in [-0.25, -0.2) is 0 Å².